The van der Waals surface area contributed by atoms with Crippen molar-refractivity contribution >= 4 is 28.9 Å². The second-order valence-electron chi connectivity index (χ2n) is 7.24. The maximum Gasteiger partial charge on any atom is 0.286 e. The van der Waals surface area contributed by atoms with Crippen LogP contribution in [0.5, 0.6) is 23.0 Å². The molecule has 11 heteroatoms. The first kappa shape index (κ1) is 25.8. The zero-order chi connectivity index (χ0) is 26.2. The number of nitro groups is 1. The van der Waals surface area contributed by atoms with Gasteiger partial charge in [0.1, 0.15) is 17.1 Å². The molecule has 0 fully saturated rings. The van der Waals surface area contributed by atoms with Gasteiger partial charge in [0.2, 0.25) is 0 Å². The van der Waals surface area contributed by atoms with Crippen LogP contribution in [0.3, 0.4) is 0 Å². The molecule has 36 heavy (non-hydrogen) atoms. The van der Waals surface area contributed by atoms with Crippen LogP contribution in [0.15, 0.2) is 54.6 Å². The molecule has 0 unspecified atom stereocenters. The number of ether oxygens (including phenoxy) is 4. The number of nitrogens with zero attached hydrogens (tertiary/aromatic N) is 1. The highest BCUT2D eigenvalue weighted by Crippen LogP contribution is 2.39. The largest absolute Gasteiger partial charge is 0.494 e. The number of carbonyl (C=O) groups excluding carboxylic acids is 2. The molecule has 0 aromatic heterocycles. The molecule has 0 atom stereocenters. The Morgan fingerprint density at radius 3 is 1.86 bits per heavy atom. The number of rotatable bonds is 10. The van der Waals surface area contributed by atoms with Crippen molar-refractivity contribution in [3.63, 3.8) is 0 Å². The van der Waals surface area contributed by atoms with Gasteiger partial charge in [0.05, 0.1) is 50.3 Å². The molecule has 0 saturated heterocycles. The summed E-state index contributed by atoms with van der Waals surface area (Å²) in [4.78, 5) is 36.7. The van der Waals surface area contributed by atoms with Crippen molar-refractivity contribution in [2.75, 3.05) is 38.6 Å². The molecule has 0 spiro atoms. The van der Waals surface area contributed by atoms with E-state index in [0.717, 1.165) is 6.07 Å². The van der Waals surface area contributed by atoms with E-state index >= 15 is 0 Å². The lowest BCUT2D eigenvalue weighted by atomic mass is 10.1. The van der Waals surface area contributed by atoms with Crippen LogP contribution in [0, 0.1) is 10.1 Å². The van der Waals surface area contributed by atoms with Crippen molar-refractivity contribution in [2.45, 2.75) is 6.92 Å². The zero-order valence-corrected chi connectivity index (χ0v) is 20.1. The summed E-state index contributed by atoms with van der Waals surface area (Å²) in [5, 5.41) is 17.0. The van der Waals surface area contributed by atoms with E-state index in [1.165, 1.54) is 39.5 Å². The fraction of sp³-hybridized carbons (Fsp3) is 0.200. The van der Waals surface area contributed by atoms with Gasteiger partial charge in [-0.05, 0) is 19.1 Å². The molecule has 0 saturated carbocycles. The summed E-state index contributed by atoms with van der Waals surface area (Å²) >= 11 is 0. The molecule has 0 radical (unpaired) electrons. The molecular formula is C25H25N3O8. The molecule has 3 aromatic carbocycles. The van der Waals surface area contributed by atoms with Gasteiger partial charge in [-0.25, -0.2) is 0 Å². The van der Waals surface area contributed by atoms with Crippen LogP contribution in [0.2, 0.25) is 0 Å². The number of nitrogens with one attached hydrogen (secondary N) is 2. The fourth-order valence-corrected chi connectivity index (χ4v) is 3.38. The van der Waals surface area contributed by atoms with Crippen LogP contribution in [0.1, 0.15) is 27.6 Å². The predicted octanol–water partition coefficient (Wildman–Crippen LogP) is 4.52. The van der Waals surface area contributed by atoms with Crippen molar-refractivity contribution in [2.24, 2.45) is 0 Å². The van der Waals surface area contributed by atoms with Gasteiger partial charge in [-0.1, -0.05) is 18.2 Å². The van der Waals surface area contributed by atoms with Crippen LogP contribution in [-0.2, 0) is 0 Å². The van der Waals surface area contributed by atoms with Crippen molar-refractivity contribution in [3.8, 4) is 23.0 Å². The molecule has 188 valence electrons. The smallest absolute Gasteiger partial charge is 0.286 e. The Hall–Kier alpha value is -4.80. The number of benzene rings is 3. The van der Waals surface area contributed by atoms with Crippen molar-refractivity contribution in [1.29, 1.82) is 0 Å². The number of nitro benzene ring substituents is 1. The quantitative estimate of drug-likeness (QED) is 0.309. The summed E-state index contributed by atoms with van der Waals surface area (Å²) in [6.45, 7) is 1.99. The number of amides is 2. The van der Waals surface area contributed by atoms with E-state index in [-0.39, 0.29) is 46.8 Å². The van der Waals surface area contributed by atoms with E-state index < -0.39 is 16.5 Å². The molecule has 3 rings (SSSR count). The number of methoxy groups -OCH3 is 3. The van der Waals surface area contributed by atoms with Crippen LogP contribution < -0.4 is 29.6 Å². The third kappa shape index (κ3) is 5.63. The van der Waals surface area contributed by atoms with E-state index in [4.69, 9.17) is 18.9 Å². The monoisotopic (exact) mass is 495 g/mol. The van der Waals surface area contributed by atoms with Gasteiger partial charge in [-0.3, -0.25) is 19.7 Å². The fourth-order valence-electron chi connectivity index (χ4n) is 3.38. The number of carbonyl (C=O) groups is 2. The van der Waals surface area contributed by atoms with Crippen LogP contribution in [0.25, 0.3) is 0 Å². The molecule has 3 aromatic rings. The maximum atomic E-state index is 13.1. The molecule has 0 aliphatic rings. The molecule has 11 nitrogen and oxygen atoms in total. The number of hydrogen-bond acceptors (Lipinski definition) is 8. The molecule has 0 aliphatic carbocycles. The van der Waals surface area contributed by atoms with Gasteiger partial charge in [0.25, 0.3) is 17.5 Å². The summed E-state index contributed by atoms with van der Waals surface area (Å²) in [6, 6.07) is 13.9. The van der Waals surface area contributed by atoms with Gasteiger partial charge in [-0.15, -0.1) is 0 Å². The summed E-state index contributed by atoms with van der Waals surface area (Å²) in [7, 11) is 4.12. The first-order valence-corrected chi connectivity index (χ1v) is 10.8. The van der Waals surface area contributed by atoms with Crippen molar-refractivity contribution in [1.82, 2.24) is 0 Å². The third-order valence-corrected chi connectivity index (χ3v) is 5.08. The molecule has 0 bridgehead atoms. The summed E-state index contributed by atoms with van der Waals surface area (Å²) < 4.78 is 21.4. The first-order chi connectivity index (χ1) is 17.3. The Morgan fingerprint density at radius 1 is 0.806 bits per heavy atom. The highest BCUT2D eigenvalue weighted by atomic mass is 16.6. The minimum atomic E-state index is -0.785. The first-order valence-electron chi connectivity index (χ1n) is 10.8. The van der Waals surface area contributed by atoms with E-state index in [2.05, 4.69) is 10.6 Å². The average Bonchev–Trinajstić information content (AvgIpc) is 2.89. The van der Waals surface area contributed by atoms with E-state index in [1.807, 2.05) is 0 Å². The Bertz CT molecular complexity index is 1280. The Morgan fingerprint density at radius 2 is 1.36 bits per heavy atom. The standard InChI is InChI=1S/C25H25N3O8/c1-5-36-23-11-16(19(28(31)32)14-22(23)35-4)25(30)27-18-13-20(33-2)17(12-21(18)34-3)26-24(29)15-9-7-6-8-10-15/h6-14H,5H2,1-4H3,(H,26,29)(H,27,30). The maximum absolute atomic E-state index is 13.1. The zero-order valence-electron chi connectivity index (χ0n) is 20.1. The third-order valence-electron chi connectivity index (χ3n) is 5.08. The average molecular weight is 495 g/mol. The number of hydrogen-bond donors (Lipinski definition) is 2. The van der Waals surface area contributed by atoms with Crippen LogP contribution >= 0.6 is 0 Å². The normalized spacial score (nSPS) is 10.2. The van der Waals surface area contributed by atoms with E-state index in [1.54, 1.807) is 37.3 Å². The van der Waals surface area contributed by atoms with Crippen molar-refractivity contribution in [3.05, 3.63) is 75.8 Å². The molecule has 0 heterocycles. The topological polar surface area (TPSA) is 138 Å². The highest BCUT2D eigenvalue weighted by molar-refractivity contribution is 6.09. The Balaban J connectivity index is 1.97. The second kappa shape index (κ2) is 11.6. The lowest BCUT2D eigenvalue weighted by molar-refractivity contribution is -0.385. The van der Waals surface area contributed by atoms with E-state index in [9.17, 15) is 19.7 Å². The second-order valence-corrected chi connectivity index (χ2v) is 7.24. The molecule has 2 N–H and O–H groups in total. The summed E-state index contributed by atoms with van der Waals surface area (Å²) in [5.41, 5.74) is 0.195. The van der Waals surface area contributed by atoms with Gasteiger partial charge in [0.15, 0.2) is 11.5 Å². The molecule has 2 amide bonds. The van der Waals surface area contributed by atoms with Crippen LogP contribution in [-0.4, -0.2) is 44.7 Å². The molecule has 0 aliphatic heterocycles. The highest BCUT2D eigenvalue weighted by Gasteiger charge is 2.26. The SMILES string of the molecule is CCOc1cc(C(=O)Nc2cc(OC)c(NC(=O)c3ccccc3)cc2OC)c([N+](=O)[O-])cc1OC. The molecular weight excluding hydrogens is 470 g/mol. The summed E-state index contributed by atoms with van der Waals surface area (Å²) in [5.74, 6) is -0.433. The Kier molecular flexibility index (Phi) is 8.29. The predicted molar refractivity (Wildman–Crippen MR) is 133 cm³/mol. The van der Waals surface area contributed by atoms with Gasteiger partial charge in [0, 0.05) is 23.8 Å². The summed E-state index contributed by atoms with van der Waals surface area (Å²) in [6.07, 6.45) is 0. The van der Waals surface area contributed by atoms with Crippen LogP contribution in [0.4, 0.5) is 17.1 Å². The van der Waals surface area contributed by atoms with Gasteiger partial charge in [-0.2, -0.15) is 0 Å². The van der Waals surface area contributed by atoms with Gasteiger partial charge >= 0.3 is 0 Å². The Labute approximate surface area is 207 Å². The van der Waals surface area contributed by atoms with Crippen molar-refractivity contribution < 1.29 is 33.5 Å². The lowest BCUT2D eigenvalue weighted by Crippen LogP contribution is -2.16. The minimum absolute atomic E-state index is 0.123. The van der Waals surface area contributed by atoms with E-state index in [0.29, 0.717) is 11.3 Å². The minimum Gasteiger partial charge on any atom is -0.494 e. The van der Waals surface area contributed by atoms with Gasteiger partial charge < -0.3 is 29.6 Å². The number of anilines is 2. The lowest BCUT2D eigenvalue weighted by Gasteiger charge is -2.17.